The van der Waals surface area contributed by atoms with E-state index in [0.29, 0.717) is 0 Å². The van der Waals surface area contributed by atoms with Crippen molar-refractivity contribution in [2.24, 2.45) is 0 Å². The lowest BCUT2D eigenvalue weighted by molar-refractivity contribution is 0.953. The zero-order valence-corrected chi connectivity index (χ0v) is 39.2. The van der Waals surface area contributed by atoms with E-state index in [1.807, 2.05) is 0 Å². The fourth-order valence-corrected chi connectivity index (χ4v) is 24.0. The molecule has 63 heavy (non-hydrogen) atoms. The van der Waals surface area contributed by atoms with E-state index >= 15 is 0 Å². The molecule has 2 nitrogen and oxygen atoms in total. The number of nitrogens with zero attached hydrogens (tertiary/aromatic N) is 2. The highest BCUT2D eigenvalue weighted by atomic mass is 28.4. The lowest BCUT2D eigenvalue weighted by Gasteiger charge is -2.51. The second kappa shape index (κ2) is 15.9. The van der Waals surface area contributed by atoms with Crippen LogP contribution in [0.5, 0.6) is 0 Å². The first-order valence-corrected chi connectivity index (χ1v) is 29.3. The molecule has 0 bridgehead atoms. The van der Waals surface area contributed by atoms with Crippen LogP contribution in [0.3, 0.4) is 0 Å². The molecule has 0 aromatic heterocycles. The van der Waals surface area contributed by atoms with Crippen LogP contribution in [0.25, 0.3) is 44.2 Å². The van der Waals surface area contributed by atoms with Gasteiger partial charge in [-0.25, -0.2) is 0 Å². The topological polar surface area (TPSA) is 6.48 Å². The molecule has 1 aliphatic carbocycles. The second-order valence-electron chi connectivity index (χ2n) is 19.1. The van der Waals surface area contributed by atoms with Gasteiger partial charge in [-0.2, -0.15) is 0 Å². The van der Waals surface area contributed by atoms with Gasteiger partial charge in [-0.15, -0.1) is 0 Å². The Hall–Kier alpha value is -6.73. The first-order valence-electron chi connectivity index (χ1n) is 22.3. The van der Waals surface area contributed by atoms with Crippen LogP contribution in [0.2, 0.25) is 39.3 Å². The quantitative estimate of drug-likeness (QED) is 0.127. The smallest absolute Gasteiger partial charge is 0.0579 e. The van der Waals surface area contributed by atoms with E-state index in [-0.39, 0.29) is 4.66 Å². The molecule has 0 aliphatic heterocycles. The maximum atomic E-state index is 2.62. The molecule has 0 heterocycles. The van der Waals surface area contributed by atoms with E-state index in [1.165, 1.54) is 61.0 Å². The molecule has 9 aromatic carbocycles. The van der Waals surface area contributed by atoms with Crippen LogP contribution in [0.15, 0.2) is 218 Å². The first-order chi connectivity index (χ1) is 30.5. The molecule has 0 radical (unpaired) electrons. The molecule has 0 saturated carbocycles. The van der Waals surface area contributed by atoms with Gasteiger partial charge in [0.05, 0.1) is 16.1 Å². The summed E-state index contributed by atoms with van der Waals surface area (Å²) in [6.45, 7) is 15.7. The first kappa shape index (κ1) is 40.4. The Labute approximate surface area is 375 Å². The molecule has 0 amide bonds. The van der Waals surface area contributed by atoms with E-state index in [4.69, 9.17) is 0 Å². The van der Waals surface area contributed by atoms with E-state index in [2.05, 4.69) is 267 Å². The van der Waals surface area contributed by atoms with Crippen molar-refractivity contribution >= 4 is 61.0 Å². The highest BCUT2D eigenvalue weighted by Crippen LogP contribution is 2.59. The average Bonchev–Trinajstić information content (AvgIpc) is 3.60. The third kappa shape index (κ3) is 7.04. The summed E-state index contributed by atoms with van der Waals surface area (Å²) in [6.07, 6.45) is 0. The van der Waals surface area contributed by atoms with Gasteiger partial charge in [-0.05, 0) is 134 Å². The van der Waals surface area contributed by atoms with Gasteiger partial charge in [0.25, 0.3) is 0 Å². The molecule has 10 rings (SSSR count). The summed E-state index contributed by atoms with van der Waals surface area (Å²) < 4.78 is -0.0449. The Balaban J connectivity index is 1.12. The average molecular weight is 847 g/mol. The zero-order chi connectivity index (χ0) is 43.3. The SMILES string of the molecule is C[Si](C)(C)C1([Si](C)(C)C)c2cc(N(c3ccccc3)c3ccc(-c4ccccc4)cc3)ccc2-c2cc3ccc(N(c4ccccc4)c4ccc(-c5ccccc5)cc4)cc3cc21. The van der Waals surface area contributed by atoms with Crippen LogP contribution in [0, 0.1) is 0 Å². The minimum absolute atomic E-state index is 0.0449. The number of anilines is 6. The van der Waals surface area contributed by atoms with Crippen LogP contribution in [-0.4, -0.2) is 16.1 Å². The lowest BCUT2D eigenvalue weighted by Crippen LogP contribution is -2.63. The summed E-state index contributed by atoms with van der Waals surface area (Å²) in [6, 6.07) is 80.6. The Morgan fingerprint density at radius 1 is 0.286 bits per heavy atom. The van der Waals surface area contributed by atoms with Crippen molar-refractivity contribution in [3.05, 3.63) is 230 Å². The fraction of sp³-hybridized carbons (Fsp3) is 0.119. The molecule has 0 saturated heterocycles. The van der Waals surface area contributed by atoms with Crippen molar-refractivity contribution in [1.82, 2.24) is 0 Å². The lowest BCUT2D eigenvalue weighted by atomic mass is 9.99. The zero-order valence-electron chi connectivity index (χ0n) is 37.2. The molecular weight excluding hydrogens is 793 g/mol. The third-order valence-electron chi connectivity index (χ3n) is 13.3. The number of para-hydroxylation sites is 2. The molecule has 9 aromatic rings. The Bertz CT molecular complexity index is 3030. The maximum absolute atomic E-state index is 2.62. The number of rotatable bonds is 10. The van der Waals surface area contributed by atoms with Crippen molar-refractivity contribution in [2.75, 3.05) is 9.80 Å². The minimum atomic E-state index is -2.00. The van der Waals surface area contributed by atoms with Gasteiger partial charge >= 0.3 is 0 Å². The Morgan fingerprint density at radius 2 is 0.651 bits per heavy atom. The maximum Gasteiger partial charge on any atom is 0.0579 e. The standard InChI is InChI=1S/C59H54N2Si2/c1-62(2,3)59(63(4,5)6)57-41-48-39-53(60(49-23-15-9-16-24-49)51-32-27-45(28-33-51)43-19-11-7-12-20-43)36-31-47(48)40-56(57)55-38-37-54(42-58(55)59)61(50-25-17-10-18-26-50)52-34-29-46(30-35-52)44-21-13-8-14-22-44/h7-42H,1-6H3. The molecular formula is C59H54N2Si2. The van der Waals surface area contributed by atoms with Crippen LogP contribution < -0.4 is 9.80 Å². The van der Waals surface area contributed by atoms with E-state index in [9.17, 15) is 0 Å². The molecule has 0 atom stereocenters. The van der Waals surface area contributed by atoms with Crippen molar-refractivity contribution < 1.29 is 0 Å². The molecule has 4 heteroatoms. The summed E-state index contributed by atoms with van der Waals surface area (Å²) >= 11 is 0. The molecule has 0 unspecified atom stereocenters. The van der Waals surface area contributed by atoms with Crippen LogP contribution >= 0.6 is 0 Å². The molecule has 1 aliphatic rings. The van der Waals surface area contributed by atoms with Gasteiger partial charge in [0.1, 0.15) is 0 Å². The molecule has 0 fully saturated rings. The largest absolute Gasteiger partial charge is 0.310 e. The molecule has 0 spiro atoms. The van der Waals surface area contributed by atoms with Gasteiger partial charge < -0.3 is 9.80 Å². The van der Waals surface area contributed by atoms with E-state index in [1.54, 1.807) is 0 Å². The van der Waals surface area contributed by atoms with Crippen LogP contribution in [0.4, 0.5) is 34.1 Å². The van der Waals surface area contributed by atoms with Crippen molar-refractivity contribution in [3.8, 4) is 33.4 Å². The Morgan fingerprint density at radius 3 is 1.11 bits per heavy atom. The molecule has 308 valence electrons. The van der Waals surface area contributed by atoms with Gasteiger partial charge in [0, 0.05) is 38.8 Å². The third-order valence-corrected chi connectivity index (χ3v) is 23.4. The number of hydrogen-bond donors (Lipinski definition) is 0. The fourth-order valence-electron chi connectivity index (χ4n) is 11.0. The highest BCUT2D eigenvalue weighted by molar-refractivity contribution is 6.99. The normalized spacial score (nSPS) is 13.0. The van der Waals surface area contributed by atoms with Crippen molar-refractivity contribution in [3.63, 3.8) is 0 Å². The van der Waals surface area contributed by atoms with Crippen LogP contribution in [0.1, 0.15) is 11.1 Å². The van der Waals surface area contributed by atoms with Crippen LogP contribution in [-0.2, 0) is 4.66 Å². The predicted molar refractivity (Wildman–Crippen MR) is 277 cm³/mol. The number of fused-ring (bicyclic) bond motifs is 4. The summed E-state index contributed by atoms with van der Waals surface area (Å²) in [7, 11) is -4.00. The number of hydrogen-bond acceptors (Lipinski definition) is 2. The number of benzene rings is 9. The van der Waals surface area contributed by atoms with Gasteiger partial charge in [-0.3, -0.25) is 0 Å². The van der Waals surface area contributed by atoms with Gasteiger partial charge in [0.2, 0.25) is 0 Å². The molecule has 0 N–H and O–H groups in total. The van der Waals surface area contributed by atoms with Crippen molar-refractivity contribution in [2.45, 2.75) is 43.9 Å². The summed E-state index contributed by atoms with van der Waals surface area (Å²) in [4.78, 5) is 4.85. The summed E-state index contributed by atoms with van der Waals surface area (Å²) in [5.74, 6) is 0. The minimum Gasteiger partial charge on any atom is -0.310 e. The highest BCUT2D eigenvalue weighted by Gasteiger charge is 2.59. The van der Waals surface area contributed by atoms with E-state index in [0.717, 1.165) is 28.4 Å². The van der Waals surface area contributed by atoms with E-state index < -0.39 is 16.1 Å². The van der Waals surface area contributed by atoms with Gasteiger partial charge in [0.15, 0.2) is 0 Å². The monoisotopic (exact) mass is 846 g/mol. The van der Waals surface area contributed by atoms with Crippen molar-refractivity contribution in [1.29, 1.82) is 0 Å². The predicted octanol–water partition coefficient (Wildman–Crippen LogP) is 17.1. The van der Waals surface area contributed by atoms with Gasteiger partial charge in [-0.1, -0.05) is 179 Å². The second-order valence-corrected chi connectivity index (χ2v) is 30.1. The summed E-state index contributed by atoms with van der Waals surface area (Å²) in [5.41, 5.74) is 17.6. The summed E-state index contributed by atoms with van der Waals surface area (Å²) in [5, 5.41) is 2.55. The Kier molecular flexibility index (Phi) is 10.2.